The van der Waals surface area contributed by atoms with Gasteiger partial charge in [-0.15, -0.1) is 0 Å². The predicted molar refractivity (Wildman–Crippen MR) is 403 cm³/mol. The molecular formula is C78H141NO38. The molecule has 0 aliphatic carbocycles. The molecule has 0 saturated carbocycles. The smallest absolute Gasteiger partial charge is 0.220 e. The summed E-state index contributed by atoms with van der Waals surface area (Å²) in [7, 11) is 0. The van der Waals surface area contributed by atoms with Crippen molar-refractivity contribution >= 4 is 5.91 Å². The summed E-state index contributed by atoms with van der Waals surface area (Å²) in [5, 5.41) is 257. The van der Waals surface area contributed by atoms with Crippen molar-refractivity contribution in [3.05, 3.63) is 12.2 Å². The SMILES string of the molecule is CCCCCCCCCCCCC/C=C/[C@@H](O)[C@H](CO[C@@H]1OC(CO)[C@@H](O[C@@H]2OC(CO)[C@H](O[C@@H]3OC(CO)[C@H](O)[C@H](O[C@H]4OC(CO)[C@H](O)[C@H](O[C@H]5OC(CO)[C@H](O)[C@H](O[C@H]6OC(CO)[C@H](O)[C@H](O[C@H]7OC(CO)[C@H](O)[C@H](O)C7O)C6O)C5O)C4O)C3O)[C@H](O)C2O)[C@H](O)C1O)NC(=O)CCCCCCCCCCCCCCCCC. The van der Waals surface area contributed by atoms with Crippen LogP contribution in [0.15, 0.2) is 12.2 Å². The van der Waals surface area contributed by atoms with Crippen LogP contribution in [0.2, 0.25) is 0 Å². The van der Waals surface area contributed by atoms with E-state index in [4.69, 9.17) is 66.3 Å². The molecule has 7 rings (SSSR count). The van der Waals surface area contributed by atoms with Gasteiger partial charge in [0.1, 0.15) is 171 Å². The highest BCUT2D eigenvalue weighted by Crippen LogP contribution is 2.39. The Hall–Kier alpha value is -2.27. The largest absolute Gasteiger partial charge is 0.394 e. The molecule has 7 aliphatic rings. The van der Waals surface area contributed by atoms with Crippen molar-refractivity contribution in [3.8, 4) is 0 Å². The molecular weight excluding hydrogens is 1560 g/mol. The first-order valence-electron chi connectivity index (χ1n) is 42.5. The average molecular weight is 1700 g/mol. The van der Waals surface area contributed by atoms with Crippen LogP contribution in [0.5, 0.6) is 0 Å². The Morgan fingerprint density at radius 2 is 0.556 bits per heavy atom. The molecule has 0 aromatic heterocycles. The van der Waals surface area contributed by atoms with Crippen LogP contribution in [0.1, 0.15) is 194 Å². The second-order valence-electron chi connectivity index (χ2n) is 32.0. The molecule has 1 amide bonds. The van der Waals surface area contributed by atoms with E-state index in [1.165, 1.54) is 109 Å². The van der Waals surface area contributed by atoms with E-state index in [1.54, 1.807) is 6.08 Å². The minimum Gasteiger partial charge on any atom is -0.394 e. The van der Waals surface area contributed by atoms with Crippen LogP contribution in [-0.4, -0.2) is 403 Å². The maximum absolute atomic E-state index is 13.5. The quantitative estimate of drug-likeness (QED) is 0.0200. The maximum atomic E-state index is 13.5. The number of unbranched alkanes of at least 4 members (excludes halogenated alkanes) is 25. The zero-order valence-electron chi connectivity index (χ0n) is 67.4. The van der Waals surface area contributed by atoms with Gasteiger partial charge in [-0.25, -0.2) is 0 Å². The first-order valence-corrected chi connectivity index (χ1v) is 42.5. The number of carbonyl (C=O) groups excluding carboxylic acids is 1. The molecule has 24 N–H and O–H groups in total. The minimum absolute atomic E-state index is 0.174. The number of rotatable bonds is 53. The summed E-state index contributed by atoms with van der Waals surface area (Å²) in [5.74, 6) is -0.345. The monoisotopic (exact) mass is 1700 g/mol. The molecule has 7 saturated heterocycles. The second-order valence-corrected chi connectivity index (χ2v) is 32.0. The number of hydrogen-bond acceptors (Lipinski definition) is 38. The summed E-state index contributed by atoms with van der Waals surface area (Å²) in [4.78, 5) is 13.5. The van der Waals surface area contributed by atoms with Crippen molar-refractivity contribution in [3.63, 3.8) is 0 Å². The molecule has 117 heavy (non-hydrogen) atoms. The lowest BCUT2D eigenvalue weighted by Crippen LogP contribution is -2.68. The van der Waals surface area contributed by atoms with E-state index in [9.17, 15) is 122 Å². The Balaban J connectivity index is 0.948. The zero-order valence-corrected chi connectivity index (χ0v) is 67.4. The Morgan fingerprint density at radius 1 is 0.299 bits per heavy atom. The molecule has 0 spiro atoms. The maximum Gasteiger partial charge on any atom is 0.220 e. The lowest BCUT2D eigenvalue weighted by Gasteiger charge is -2.50. The summed E-state index contributed by atoms with van der Waals surface area (Å²) in [6.45, 7) is -3.20. The molecule has 14 unspecified atom stereocenters. The standard InChI is InChI=1S/C78H141NO38/c1-3-5-7-9-11-13-15-17-18-20-22-24-26-28-30-32-50(88)79-41(42(87)31-29-27-25-23-21-19-16-14-12-10-8-6-4-2)40-104-72-60(98)57(95)66(48(38-85)110-72)112-74-61(99)58(96)67(49(39-86)111-74)113-75-62(100)69(53(91)44(34-81)106-75)115-77-64(102)71(55(93)46(36-83)108-77)117-78-65(103)70(54(92)47(37-84)109-78)116-76-63(101)68(52(90)45(35-82)107-76)114-73-59(97)56(94)51(89)43(33-80)105-73/h29,31,41-49,51-78,80-87,89-103H,3-28,30,32-40H2,1-2H3,(H,79,88)/b31-29+/t41-,42+,43?,44?,45?,46?,47?,48?,49?,51-,52-,53-,54-,55-,56-,57+,58+,59?,60?,61?,62?,63?,64?,65?,66+,67-,68-,69-,70-,71-,72+,73+,74-,75-,76+,77+,78+/m0/s1. The summed E-state index contributed by atoms with van der Waals surface area (Å²) < 4.78 is 80.6. The van der Waals surface area contributed by atoms with Gasteiger partial charge in [-0.3, -0.25) is 4.79 Å². The first-order chi connectivity index (χ1) is 56.3. The third-order valence-electron chi connectivity index (χ3n) is 23.0. The number of aliphatic hydroxyl groups excluding tert-OH is 23. The highest BCUT2D eigenvalue weighted by molar-refractivity contribution is 5.76. The van der Waals surface area contributed by atoms with Gasteiger partial charge in [-0.2, -0.15) is 0 Å². The van der Waals surface area contributed by atoms with Crippen molar-refractivity contribution in [1.29, 1.82) is 0 Å². The summed E-state index contributed by atoms with van der Waals surface area (Å²) in [5.41, 5.74) is 0. The van der Waals surface area contributed by atoms with Crippen LogP contribution in [0.4, 0.5) is 0 Å². The van der Waals surface area contributed by atoms with E-state index in [0.717, 1.165) is 51.4 Å². The van der Waals surface area contributed by atoms with Crippen LogP contribution in [-0.2, 0) is 71.1 Å². The molecule has 39 nitrogen and oxygen atoms in total. The molecule has 686 valence electrons. The highest BCUT2D eigenvalue weighted by Gasteiger charge is 2.59. The fourth-order valence-electron chi connectivity index (χ4n) is 15.8. The third kappa shape index (κ3) is 29.1. The van der Waals surface area contributed by atoms with Crippen molar-refractivity contribution in [2.45, 2.75) is 421 Å². The molecule has 39 heteroatoms. The summed E-state index contributed by atoms with van der Waals surface area (Å²) in [6.07, 6.45) is -37.2. The van der Waals surface area contributed by atoms with Gasteiger partial charge in [0.05, 0.1) is 65.0 Å². The number of nitrogens with one attached hydrogen (secondary N) is 1. The minimum atomic E-state index is -2.34. The Morgan fingerprint density at radius 3 is 0.880 bits per heavy atom. The molecule has 7 heterocycles. The predicted octanol–water partition coefficient (Wildman–Crippen LogP) is -4.89. The molecule has 7 fully saturated rings. The average Bonchev–Trinajstić information content (AvgIpc) is 0.773. The van der Waals surface area contributed by atoms with Gasteiger partial charge >= 0.3 is 0 Å². The molecule has 0 aromatic carbocycles. The lowest BCUT2D eigenvalue weighted by atomic mass is 9.95. The van der Waals surface area contributed by atoms with Crippen molar-refractivity contribution < 1.29 is 189 Å². The Kier molecular flexibility index (Phi) is 46.3. The summed E-state index contributed by atoms with van der Waals surface area (Å²) in [6, 6.07) is -1.07. The number of ether oxygens (including phenoxy) is 14. The van der Waals surface area contributed by atoms with Gasteiger partial charge in [-0.1, -0.05) is 180 Å². The number of aliphatic hydroxyl groups is 23. The molecule has 0 radical (unpaired) electrons. The van der Waals surface area contributed by atoms with Gasteiger partial charge < -0.3 is 189 Å². The second kappa shape index (κ2) is 53.3. The van der Waals surface area contributed by atoms with Crippen LogP contribution >= 0.6 is 0 Å². The fourth-order valence-corrected chi connectivity index (χ4v) is 15.8. The van der Waals surface area contributed by atoms with E-state index >= 15 is 0 Å². The summed E-state index contributed by atoms with van der Waals surface area (Å²) >= 11 is 0. The van der Waals surface area contributed by atoms with Gasteiger partial charge in [0.2, 0.25) is 5.91 Å². The first kappa shape index (κ1) is 102. The van der Waals surface area contributed by atoms with Crippen molar-refractivity contribution in [2.75, 3.05) is 52.9 Å². The number of allylic oxidation sites excluding steroid dienone is 1. The van der Waals surface area contributed by atoms with E-state index < -0.39 is 280 Å². The van der Waals surface area contributed by atoms with Gasteiger partial charge in [0.15, 0.2) is 44.0 Å². The normalized spacial score (nSPS) is 40.2. The van der Waals surface area contributed by atoms with Crippen LogP contribution in [0.3, 0.4) is 0 Å². The van der Waals surface area contributed by atoms with Gasteiger partial charge in [0, 0.05) is 6.42 Å². The van der Waals surface area contributed by atoms with Crippen molar-refractivity contribution in [2.24, 2.45) is 0 Å². The molecule has 37 atom stereocenters. The van der Waals surface area contributed by atoms with E-state index in [-0.39, 0.29) is 12.3 Å². The van der Waals surface area contributed by atoms with E-state index in [1.807, 2.05) is 6.08 Å². The third-order valence-corrected chi connectivity index (χ3v) is 23.0. The van der Waals surface area contributed by atoms with Crippen LogP contribution < -0.4 is 5.32 Å². The number of carbonyl (C=O) groups is 1. The van der Waals surface area contributed by atoms with Crippen LogP contribution in [0.25, 0.3) is 0 Å². The van der Waals surface area contributed by atoms with Gasteiger partial charge in [-0.05, 0) is 19.3 Å². The van der Waals surface area contributed by atoms with Gasteiger partial charge in [0.25, 0.3) is 0 Å². The molecule has 7 aliphatic heterocycles. The Labute approximate surface area is 683 Å². The van der Waals surface area contributed by atoms with Crippen molar-refractivity contribution in [1.82, 2.24) is 5.32 Å². The topological polar surface area (TPSA) is 624 Å². The number of amides is 1. The zero-order chi connectivity index (χ0) is 85.4. The van der Waals surface area contributed by atoms with E-state index in [2.05, 4.69) is 19.2 Å². The fraction of sp³-hybridized carbons (Fsp3) is 0.962. The van der Waals surface area contributed by atoms with Crippen LogP contribution in [0, 0.1) is 0 Å². The van der Waals surface area contributed by atoms with E-state index in [0.29, 0.717) is 12.8 Å². The molecule has 0 bridgehead atoms. The highest BCUT2D eigenvalue weighted by atomic mass is 16.8. The number of hydrogen-bond donors (Lipinski definition) is 24. The Bertz CT molecular complexity index is 2670. The lowest BCUT2D eigenvalue weighted by molar-refractivity contribution is -0.400. The molecule has 0 aromatic rings.